The lowest BCUT2D eigenvalue weighted by Crippen LogP contribution is -2.32. The molecule has 0 atom stereocenters. The highest BCUT2D eigenvalue weighted by Gasteiger charge is 2.29. The zero-order valence-corrected chi connectivity index (χ0v) is 11.9. The van der Waals surface area contributed by atoms with E-state index in [0.29, 0.717) is 5.02 Å². The van der Waals surface area contributed by atoms with Crippen molar-refractivity contribution in [2.45, 2.75) is 37.7 Å². The van der Waals surface area contributed by atoms with E-state index in [4.69, 9.17) is 22.8 Å². The van der Waals surface area contributed by atoms with Crippen molar-refractivity contribution in [3.8, 4) is 24.2 Å². The van der Waals surface area contributed by atoms with Crippen molar-refractivity contribution in [3.05, 3.63) is 34.3 Å². The molecular weight excluding hydrogens is 256 g/mol. The second-order valence-electron chi connectivity index (χ2n) is 4.84. The van der Waals surface area contributed by atoms with Gasteiger partial charge in [-0.05, 0) is 43.9 Å². The van der Waals surface area contributed by atoms with Crippen LogP contribution in [0.1, 0.15) is 43.2 Å². The minimum absolute atomic E-state index is 0.302. The lowest BCUT2D eigenvalue weighted by molar-refractivity contribution is 0.0104. The van der Waals surface area contributed by atoms with Gasteiger partial charge < -0.3 is 4.74 Å². The Labute approximate surface area is 120 Å². The minimum Gasteiger partial charge on any atom is -0.366 e. The molecule has 1 aliphatic carbocycles. The van der Waals surface area contributed by atoms with Crippen LogP contribution < -0.4 is 0 Å². The molecule has 0 N–H and O–H groups in total. The lowest BCUT2D eigenvalue weighted by atomic mass is 9.85. The van der Waals surface area contributed by atoms with Crippen LogP contribution in [-0.4, -0.2) is 12.7 Å². The molecule has 19 heavy (non-hydrogen) atoms. The van der Waals surface area contributed by atoms with Gasteiger partial charge in [-0.25, -0.2) is 0 Å². The van der Waals surface area contributed by atoms with Crippen LogP contribution in [0.3, 0.4) is 0 Å². The number of hydrogen-bond donors (Lipinski definition) is 0. The molecule has 98 valence electrons. The van der Waals surface area contributed by atoms with Crippen molar-refractivity contribution in [1.82, 2.24) is 0 Å². The quantitative estimate of drug-likeness (QED) is 0.702. The Morgan fingerprint density at radius 1 is 1.21 bits per heavy atom. The Hall–Kier alpha value is -1.41. The van der Waals surface area contributed by atoms with E-state index in [0.717, 1.165) is 24.0 Å². The molecule has 0 unspecified atom stereocenters. The van der Waals surface area contributed by atoms with Gasteiger partial charge in [0, 0.05) is 23.3 Å². The fourth-order valence-electron chi connectivity index (χ4n) is 2.43. The third-order valence-corrected chi connectivity index (χ3v) is 3.85. The molecule has 2 rings (SSSR count). The van der Waals surface area contributed by atoms with Crippen LogP contribution in [0.4, 0.5) is 0 Å². The fraction of sp³-hybridized carbons (Fsp3) is 0.412. The van der Waals surface area contributed by atoms with Gasteiger partial charge in [-0.3, -0.25) is 0 Å². The smallest absolute Gasteiger partial charge is 0.128 e. The summed E-state index contributed by atoms with van der Waals surface area (Å²) < 4.78 is 5.65. The van der Waals surface area contributed by atoms with Gasteiger partial charge in [-0.2, -0.15) is 0 Å². The summed E-state index contributed by atoms with van der Waals surface area (Å²) in [5.41, 5.74) is 1.28. The van der Waals surface area contributed by atoms with Gasteiger partial charge in [-0.15, -0.1) is 6.42 Å². The maximum atomic E-state index is 5.93. The molecule has 0 aromatic heterocycles. The lowest BCUT2D eigenvalue weighted by Gasteiger charge is -2.30. The van der Waals surface area contributed by atoms with E-state index in [-0.39, 0.29) is 5.60 Å². The number of rotatable bonds is 1. The van der Waals surface area contributed by atoms with Crippen molar-refractivity contribution in [1.29, 1.82) is 0 Å². The molecule has 0 saturated heterocycles. The number of terminal acetylenes is 1. The van der Waals surface area contributed by atoms with Crippen LogP contribution in [0.25, 0.3) is 0 Å². The molecule has 0 spiro atoms. The number of halogens is 1. The summed E-state index contributed by atoms with van der Waals surface area (Å²) in [5, 5.41) is 0.637. The number of hydrogen-bond acceptors (Lipinski definition) is 1. The van der Waals surface area contributed by atoms with Crippen LogP contribution in [0, 0.1) is 24.2 Å². The highest BCUT2D eigenvalue weighted by atomic mass is 35.5. The van der Waals surface area contributed by atoms with Crippen LogP contribution in [0.5, 0.6) is 0 Å². The molecule has 0 aliphatic heterocycles. The molecule has 1 saturated carbocycles. The minimum atomic E-state index is -0.302. The van der Waals surface area contributed by atoms with E-state index in [1.807, 2.05) is 12.1 Å². The average molecular weight is 273 g/mol. The highest BCUT2D eigenvalue weighted by Crippen LogP contribution is 2.30. The first-order chi connectivity index (χ1) is 9.19. The SMILES string of the molecule is C#Cc1cc(Cl)ccc1C#CC1(OC)CCCCC1. The molecule has 1 aromatic carbocycles. The van der Waals surface area contributed by atoms with Crippen molar-refractivity contribution in [2.24, 2.45) is 0 Å². The maximum Gasteiger partial charge on any atom is 0.128 e. The molecule has 0 radical (unpaired) electrons. The van der Waals surface area contributed by atoms with Gasteiger partial charge in [0.2, 0.25) is 0 Å². The van der Waals surface area contributed by atoms with Crippen molar-refractivity contribution in [3.63, 3.8) is 0 Å². The molecule has 0 amide bonds. The van der Waals surface area contributed by atoms with Crippen LogP contribution in [0.2, 0.25) is 5.02 Å². The third kappa shape index (κ3) is 3.32. The van der Waals surface area contributed by atoms with E-state index in [2.05, 4.69) is 17.8 Å². The van der Waals surface area contributed by atoms with Crippen LogP contribution >= 0.6 is 11.6 Å². The van der Waals surface area contributed by atoms with Crippen molar-refractivity contribution in [2.75, 3.05) is 7.11 Å². The first kappa shape index (κ1) is 14.0. The molecule has 0 heterocycles. The Bertz CT molecular complexity index is 551. The summed E-state index contributed by atoms with van der Waals surface area (Å²) in [6, 6.07) is 5.45. The summed E-state index contributed by atoms with van der Waals surface area (Å²) in [6.07, 6.45) is 11.1. The van der Waals surface area contributed by atoms with Crippen molar-refractivity contribution >= 4 is 11.6 Å². The summed E-state index contributed by atoms with van der Waals surface area (Å²) in [4.78, 5) is 0. The predicted octanol–water partition coefficient (Wildman–Crippen LogP) is 4.02. The molecule has 1 nitrogen and oxygen atoms in total. The first-order valence-corrected chi connectivity index (χ1v) is 6.91. The second-order valence-corrected chi connectivity index (χ2v) is 5.28. The zero-order valence-electron chi connectivity index (χ0n) is 11.1. The van der Waals surface area contributed by atoms with E-state index >= 15 is 0 Å². The Morgan fingerprint density at radius 3 is 2.58 bits per heavy atom. The standard InChI is InChI=1S/C17H17ClO/c1-3-14-13-16(18)8-7-15(14)9-12-17(19-2)10-5-4-6-11-17/h1,7-8,13H,4-6,10-11H2,2H3. The van der Waals surface area contributed by atoms with Gasteiger partial charge in [0.25, 0.3) is 0 Å². The Balaban J connectivity index is 2.30. The van der Waals surface area contributed by atoms with Gasteiger partial charge in [0.05, 0.1) is 0 Å². The Morgan fingerprint density at radius 2 is 1.95 bits per heavy atom. The summed E-state index contributed by atoms with van der Waals surface area (Å²) >= 11 is 5.93. The highest BCUT2D eigenvalue weighted by molar-refractivity contribution is 6.30. The molecule has 1 aliphatic rings. The summed E-state index contributed by atoms with van der Waals surface area (Å²) in [5.74, 6) is 9.09. The topological polar surface area (TPSA) is 9.23 Å². The third-order valence-electron chi connectivity index (χ3n) is 3.61. The molecule has 1 fully saturated rings. The van der Waals surface area contributed by atoms with Gasteiger partial charge in [0.1, 0.15) is 5.60 Å². The molecule has 2 heteroatoms. The van der Waals surface area contributed by atoms with Crippen molar-refractivity contribution < 1.29 is 4.74 Å². The molecular formula is C17H17ClO. The van der Waals surface area contributed by atoms with Gasteiger partial charge in [0.15, 0.2) is 0 Å². The fourth-order valence-corrected chi connectivity index (χ4v) is 2.60. The van der Waals surface area contributed by atoms with Gasteiger partial charge in [-0.1, -0.05) is 35.8 Å². The summed E-state index contributed by atoms with van der Waals surface area (Å²) in [6.45, 7) is 0. The van der Waals surface area contributed by atoms with E-state index in [9.17, 15) is 0 Å². The average Bonchev–Trinajstić information content (AvgIpc) is 2.47. The maximum absolute atomic E-state index is 5.93. The van der Waals surface area contributed by atoms with E-state index < -0.39 is 0 Å². The normalized spacial score (nSPS) is 17.1. The largest absolute Gasteiger partial charge is 0.366 e. The summed E-state index contributed by atoms with van der Waals surface area (Å²) in [7, 11) is 1.74. The number of ether oxygens (including phenoxy) is 1. The Kier molecular flexibility index (Phi) is 4.54. The number of benzene rings is 1. The van der Waals surface area contributed by atoms with Crippen LogP contribution in [0.15, 0.2) is 18.2 Å². The molecule has 1 aromatic rings. The van der Waals surface area contributed by atoms with Crippen LogP contribution in [-0.2, 0) is 4.74 Å². The van der Waals surface area contributed by atoms with E-state index in [1.165, 1.54) is 19.3 Å². The first-order valence-electron chi connectivity index (χ1n) is 6.54. The zero-order chi connectivity index (χ0) is 13.7. The predicted molar refractivity (Wildman–Crippen MR) is 79.1 cm³/mol. The number of methoxy groups -OCH3 is 1. The molecule has 0 bridgehead atoms. The second kappa shape index (κ2) is 6.16. The van der Waals surface area contributed by atoms with E-state index in [1.54, 1.807) is 13.2 Å². The monoisotopic (exact) mass is 272 g/mol. The van der Waals surface area contributed by atoms with Gasteiger partial charge >= 0.3 is 0 Å².